The highest BCUT2D eigenvalue weighted by atomic mass is 16.2. The van der Waals surface area contributed by atoms with Gasteiger partial charge in [0.05, 0.1) is 0 Å². The number of benzene rings is 2. The van der Waals surface area contributed by atoms with E-state index in [9.17, 15) is 9.59 Å². The van der Waals surface area contributed by atoms with Gasteiger partial charge in [-0.25, -0.2) is 0 Å². The van der Waals surface area contributed by atoms with Gasteiger partial charge >= 0.3 is 0 Å². The Labute approximate surface area is 172 Å². The third-order valence-corrected chi connectivity index (χ3v) is 4.39. The molecule has 2 rings (SSSR count). The van der Waals surface area contributed by atoms with Gasteiger partial charge in [0.2, 0.25) is 0 Å². The third-order valence-electron chi connectivity index (χ3n) is 4.39. The first-order valence-electron chi connectivity index (χ1n) is 9.50. The lowest BCUT2D eigenvalue weighted by molar-refractivity contribution is 0.0827. The molecule has 0 bridgehead atoms. The van der Waals surface area contributed by atoms with E-state index < -0.39 is 0 Å². The van der Waals surface area contributed by atoms with Crippen LogP contribution in [0.15, 0.2) is 53.5 Å². The number of guanidine groups is 1. The maximum absolute atomic E-state index is 12.1. The van der Waals surface area contributed by atoms with E-state index in [1.807, 2.05) is 42.5 Å². The largest absolute Gasteiger partial charge is 0.356 e. The number of rotatable bonds is 7. The number of hydrogen-bond acceptors (Lipinski definition) is 3. The third kappa shape index (κ3) is 6.64. The predicted molar refractivity (Wildman–Crippen MR) is 116 cm³/mol. The summed E-state index contributed by atoms with van der Waals surface area (Å²) in [5.74, 6) is 0.566. The topological polar surface area (TPSA) is 85.8 Å². The predicted octanol–water partition coefficient (Wildman–Crippen LogP) is 1.66. The van der Waals surface area contributed by atoms with E-state index in [0.717, 1.165) is 17.5 Å². The smallest absolute Gasteiger partial charge is 0.253 e. The molecular weight excluding hydrogens is 366 g/mol. The molecular formula is C22H29N5O2. The molecule has 0 aliphatic rings. The summed E-state index contributed by atoms with van der Waals surface area (Å²) in [6.45, 7) is 1.23. The van der Waals surface area contributed by atoms with Crippen LogP contribution in [0.3, 0.4) is 0 Å². The SMILES string of the molecule is CN=C(NCCc1cccc(C(=O)N(C)C)c1)NCc1cccc(C(=O)NC)c1. The average Bonchev–Trinajstić information content (AvgIpc) is 2.75. The van der Waals surface area contributed by atoms with Crippen molar-refractivity contribution in [3.05, 3.63) is 70.8 Å². The zero-order valence-electron chi connectivity index (χ0n) is 17.5. The van der Waals surface area contributed by atoms with Gasteiger partial charge in [0.1, 0.15) is 0 Å². The summed E-state index contributed by atoms with van der Waals surface area (Å²) in [5.41, 5.74) is 3.38. The molecule has 0 saturated heterocycles. The molecule has 0 atom stereocenters. The molecule has 0 heterocycles. The Kier molecular flexibility index (Phi) is 8.21. The molecule has 0 fully saturated rings. The van der Waals surface area contributed by atoms with E-state index in [4.69, 9.17) is 0 Å². The zero-order chi connectivity index (χ0) is 21.2. The zero-order valence-corrected chi connectivity index (χ0v) is 17.5. The van der Waals surface area contributed by atoms with Crippen molar-refractivity contribution in [2.24, 2.45) is 4.99 Å². The molecule has 2 aromatic rings. The van der Waals surface area contributed by atoms with Crippen LogP contribution >= 0.6 is 0 Å². The Bertz CT molecular complexity index is 877. The van der Waals surface area contributed by atoms with E-state index in [-0.39, 0.29) is 11.8 Å². The number of carbonyl (C=O) groups is 2. The monoisotopic (exact) mass is 395 g/mol. The van der Waals surface area contributed by atoms with Crippen molar-refractivity contribution in [3.8, 4) is 0 Å². The minimum Gasteiger partial charge on any atom is -0.356 e. The molecule has 0 unspecified atom stereocenters. The Morgan fingerprint density at radius 1 is 0.966 bits per heavy atom. The molecule has 2 aromatic carbocycles. The lowest BCUT2D eigenvalue weighted by atomic mass is 10.1. The van der Waals surface area contributed by atoms with Crippen molar-refractivity contribution in [2.75, 3.05) is 34.7 Å². The van der Waals surface area contributed by atoms with Gasteiger partial charge in [-0.15, -0.1) is 0 Å². The van der Waals surface area contributed by atoms with Crippen molar-refractivity contribution in [3.63, 3.8) is 0 Å². The van der Waals surface area contributed by atoms with Crippen molar-refractivity contribution in [1.82, 2.24) is 20.9 Å². The molecule has 0 saturated carbocycles. The van der Waals surface area contributed by atoms with Gasteiger partial charge in [-0.2, -0.15) is 0 Å². The van der Waals surface area contributed by atoms with Crippen LogP contribution < -0.4 is 16.0 Å². The second kappa shape index (κ2) is 10.8. The molecule has 29 heavy (non-hydrogen) atoms. The quantitative estimate of drug-likeness (QED) is 0.492. The Balaban J connectivity index is 1.86. The van der Waals surface area contributed by atoms with Crippen LogP contribution in [0.1, 0.15) is 31.8 Å². The van der Waals surface area contributed by atoms with Gasteiger partial charge in [-0.1, -0.05) is 24.3 Å². The van der Waals surface area contributed by atoms with Crippen LogP contribution in [-0.4, -0.2) is 57.4 Å². The van der Waals surface area contributed by atoms with E-state index >= 15 is 0 Å². The fourth-order valence-corrected chi connectivity index (χ4v) is 2.82. The molecule has 0 aliphatic heterocycles. The van der Waals surface area contributed by atoms with Crippen LogP contribution in [0.2, 0.25) is 0 Å². The van der Waals surface area contributed by atoms with Crippen molar-refractivity contribution < 1.29 is 9.59 Å². The number of nitrogens with zero attached hydrogens (tertiary/aromatic N) is 2. The molecule has 0 radical (unpaired) electrons. The highest BCUT2D eigenvalue weighted by Gasteiger charge is 2.08. The molecule has 154 valence electrons. The van der Waals surface area contributed by atoms with Gasteiger partial charge in [0.15, 0.2) is 5.96 Å². The second-order valence-corrected chi connectivity index (χ2v) is 6.78. The van der Waals surface area contributed by atoms with E-state index in [1.165, 1.54) is 0 Å². The molecule has 0 spiro atoms. The van der Waals surface area contributed by atoms with Crippen LogP contribution in [0.4, 0.5) is 0 Å². The molecule has 0 aromatic heterocycles. The van der Waals surface area contributed by atoms with Crippen LogP contribution in [0.5, 0.6) is 0 Å². The first kappa shape index (κ1) is 21.9. The average molecular weight is 396 g/mol. The lowest BCUT2D eigenvalue weighted by Crippen LogP contribution is -2.37. The van der Waals surface area contributed by atoms with Gasteiger partial charge in [0.25, 0.3) is 11.8 Å². The molecule has 0 aliphatic carbocycles. The summed E-state index contributed by atoms with van der Waals surface area (Å²) < 4.78 is 0. The maximum Gasteiger partial charge on any atom is 0.253 e. The lowest BCUT2D eigenvalue weighted by Gasteiger charge is -2.13. The van der Waals surface area contributed by atoms with Crippen LogP contribution in [0.25, 0.3) is 0 Å². The second-order valence-electron chi connectivity index (χ2n) is 6.78. The Morgan fingerprint density at radius 2 is 1.62 bits per heavy atom. The number of carbonyl (C=O) groups excluding carboxylic acids is 2. The summed E-state index contributed by atoms with van der Waals surface area (Å²) in [7, 11) is 6.82. The molecule has 7 heteroatoms. The Morgan fingerprint density at radius 3 is 2.28 bits per heavy atom. The van der Waals surface area contributed by atoms with Gasteiger partial charge in [-0.05, 0) is 41.8 Å². The summed E-state index contributed by atoms with van der Waals surface area (Å²) in [6, 6.07) is 15.1. The number of amides is 2. The van der Waals surface area contributed by atoms with Gasteiger partial charge < -0.3 is 20.9 Å². The highest BCUT2D eigenvalue weighted by molar-refractivity contribution is 5.94. The summed E-state index contributed by atoms with van der Waals surface area (Å²) >= 11 is 0. The fourth-order valence-electron chi connectivity index (χ4n) is 2.82. The first-order chi connectivity index (χ1) is 13.9. The maximum atomic E-state index is 12.1. The van der Waals surface area contributed by atoms with Gasteiger partial charge in [-0.3, -0.25) is 14.6 Å². The van der Waals surface area contributed by atoms with E-state index in [2.05, 4.69) is 20.9 Å². The molecule has 2 amide bonds. The first-order valence-corrected chi connectivity index (χ1v) is 9.50. The minimum absolute atomic E-state index is 0.00345. The normalized spacial score (nSPS) is 11.0. The number of nitrogens with one attached hydrogen (secondary N) is 3. The number of aliphatic imine (C=N–C) groups is 1. The number of hydrogen-bond donors (Lipinski definition) is 3. The Hall–Kier alpha value is -3.35. The van der Waals surface area contributed by atoms with Crippen LogP contribution in [-0.2, 0) is 13.0 Å². The van der Waals surface area contributed by atoms with Crippen molar-refractivity contribution in [1.29, 1.82) is 0 Å². The molecule has 7 nitrogen and oxygen atoms in total. The van der Waals surface area contributed by atoms with E-state index in [0.29, 0.717) is 30.2 Å². The van der Waals surface area contributed by atoms with Gasteiger partial charge in [0, 0.05) is 52.4 Å². The van der Waals surface area contributed by atoms with Crippen molar-refractivity contribution >= 4 is 17.8 Å². The minimum atomic E-state index is -0.107. The van der Waals surface area contributed by atoms with Crippen LogP contribution in [0, 0.1) is 0 Å². The summed E-state index contributed by atoms with van der Waals surface area (Å²) in [6.07, 6.45) is 0.765. The standard InChI is InChI=1S/C22H29N5O2/c1-23-20(28)18-9-6-8-17(14-18)15-26-22(24-2)25-12-11-16-7-5-10-19(13-16)21(29)27(3)4/h5-10,13-14H,11-12,15H2,1-4H3,(H,23,28)(H2,24,25,26). The molecule has 3 N–H and O–H groups in total. The summed E-state index contributed by atoms with van der Waals surface area (Å²) in [5, 5.41) is 9.15. The van der Waals surface area contributed by atoms with E-state index in [1.54, 1.807) is 39.2 Å². The summed E-state index contributed by atoms with van der Waals surface area (Å²) in [4.78, 5) is 29.6. The fraction of sp³-hybridized carbons (Fsp3) is 0.318. The van der Waals surface area contributed by atoms with Crippen molar-refractivity contribution in [2.45, 2.75) is 13.0 Å². The highest BCUT2D eigenvalue weighted by Crippen LogP contribution is 2.08.